The van der Waals surface area contributed by atoms with E-state index in [-0.39, 0.29) is 23.7 Å². The van der Waals surface area contributed by atoms with E-state index >= 15 is 0 Å². The first-order valence-corrected chi connectivity index (χ1v) is 6.40. The lowest BCUT2D eigenvalue weighted by Crippen LogP contribution is -2.27. The molecule has 0 atom stereocenters. The van der Waals surface area contributed by atoms with Crippen LogP contribution < -0.4 is 10.5 Å². The fraction of sp³-hybridized carbons (Fsp3) is 0.333. The normalized spacial score (nSPS) is 11.7. The van der Waals surface area contributed by atoms with Gasteiger partial charge in [0.25, 0.3) is 0 Å². The van der Waals surface area contributed by atoms with Gasteiger partial charge in [0.1, 0.15) is 4.90 Å². The van der Waals surface area contributed by atoms with E-state index in [4.69, 9.17) is 22.4 Å². The maximum Gasteiger partial charge on any atom is 0.242 e. The van der Waals surface area contributed by atoms with Gasteiger partial charge in [0.05, 0.1) is 12.3 Å². The van der Waals surface area contributed by atoms with E-state index in [0.717, 1.165) is 0 Å². The zero-order valence-electron chi connectivity index (χ0n) is 8.70. The summed E-state index contributed by atoms with van der Waals surface area (Å²) in [5.74, 6) is 0. The molecule has 0 aliphatic rings. The molecule has 0 fully saturated rings. The van der Waals surface area contributed by atoms with Gasteiger partial charge in [0.15, 0.2) is 0 Å². The van der Waals surface area contributed by atoms with Gasteiger partial charge < -0.3 is 10.8 Å². The summed E-state index contributed by atoms with van der Waals surface area (Å²) < 4.78 is 25.7. The molecular weight excluding hydrogens is 252 g/mol. The molecule has 5 nitrogen and oxygen atoms in total. The SMILES string of the molecule is Cc1cc(Cl)cc(S(=O)(=O)NCCO)c1N. The Bertz CT molecular complexity index is 488. The molecule has 0 spiro atoms. The second-order valence-electron chi connectivity index (χ2n) is 3.26. The highest BCUT2D eigenvalue weighted by atomic mass is 35.5. The van der Waals surface area contributed by atoms with E-state index < -0.39 is 10.0 Å². The number of hydrogen-bond donors (Lipinski definition) is 3. The monoisotopic (exact) mass is 264 g/mol. The van der Waals surface area contributed by atoms with Gasteiger partial charge >= 0.3 is 0 Å². The van der Waals surface area contributed by atoms with Gasteiger partial charge in [-0.05, 0) is 24.6 Å². The van der Waals surface area contributed by atoms with Crippen molar-refractivity contribution in [3.63, 3.8) is 0 Å². The van der Waals surface area contributed by atoms with Crippen molar-refractivity contribution >= 4 is 27.3 Å². The second-order valence-corrected chi connectivity index (χ2v) is 5.43. The van der Waals surface area contributed by atoms with E-state index in [9.17, 15) is 8.42 Å². The van der Waals surface area contributed by atoms with Crippen LogP contribution in [-0.2, 0) is 10.0 Å². The van der Waals surface area contributed by atoms with Gasteiger partial charge in [-0.15, -0.1) is 0 Å². The predicted molar refractivity (Wildman–Crippen MR) is 62.9 cm³/mol. The molecular formula is C9H13ClN2O3S. The van der Waals surface area contributed by atoms with Crippen LogP contribution in [0.5, 0.6) is 0 Å². The number of aliphatic hydroxyl groups is 1. The third-order valence-electron chi connectivity index (χ3n) is 2.01. The lowest BCUT2D eigenvalue weighted by Gasteiger charge is -2.10. The van der Waals surface area contributed by atoms with Crippen LogP contribution in [0.2, 0.25) is 5.02 Å². The number of nitrogens with two attached hydrogens (primary N) is 1. The first-order chi connectivity index (χ1) is 7.38. The van der Waals surface area contributed by atoms with E-state index in [0.29, 0.717) is 10.6 Å². The summed E-state index contributed by atoms with van der Waals surface area (Å²) in [5, 5.41) is 8.87. The van der Waals surface area contributed by atoms with Crippen LogP contribution in [0.25, 0.3) is 0 Å². The number of nitrogen functional groups attached to an aromatic ring is 1. The van der Waals surface area contributed by atoms with Crippen LogP contribution in [0.3, 0.4) is 0 Å². The number of hydrogen-bond acceptors (Lipinski definition) is 4. The fourth-order valence-corrected chi connectivity index (χ4v) is 2.79. The average Bonchev–Trinajstić information content (AvgIpc) is 2.20. The summed E-state index contributed by atoms with van der Waals surface area (Å²) in [6.07, 6.45) is 0. The predicted octanol–water partition coefficient (Wildman–Crippen LogP) is 0.501. The van der Waals surface area contributed by atoms with Gasteiger partial charge in [0, 0.05) is 11.6 Å². The molecule has 0 aliphatic carbocycles. The lowest BCUT2D eigenvalue weighted by atomic mass is 10.2. The van der Waals surface area contributed by atoms with Crippen molar-refractivity contribution in [2.45, 2.75) is 11.8 Å². The zero-order chi connectivity index (χ0) is 12.3. The maximum atomic E-state index is 11.8. The van der Waals surface area contributed by atoms with Gasteiger partial charge in [-0.25, -0.2) is 13.1 Å². The molecule has 7 heteroatoms. The van der Waals surface area contributed by atoms with Crippen LogP contribution in [0.15, 0.2) is 17.0 Å². The minimum absolute atomic E-state index is 0.0622. The molecule has 1 aromatic carbocycles. The minimum Gasteiger partial charge on any atom is -0.397 e. The lowest BCUT2D eigenvalue weighted by molar-refractivity contribution is 0.301. The molecule has 0 unspecified atom stereocenters. The summed E-state index contributed by atoms with van der Waals surface area (Å²) >= 11 is 5.77. The molecule has 0 radical (unpaired) electrons. The highest BCUT2D eigenvalue weighted by Gasteiger charge is 2.18. The highest BCUT2D eigenvalue weighted by Crippen LogP contribution is 2.26. The smallest absolute Gasteiger partial charge is 0.242 e. The van der Waals surface area contributed by atoms with Crippen LogP contribution in [-0.4, -0.2) is 26.7 Å². The molecule has 1 rings (SSSR count). The summed E-state index contributed by atoms with van der Waals surface area (Å²) in [7, 11) is -3.72. The molecule has 0 heterocycles. The van der Waals surface area contributed by atoms with Crippen molar-refractivity contribution < 1.29 is 13.5 Å². The number of benzene rings is 1. The van der Waals surface area contributed by atoms with Crippen LogP contribution in [0, 0.1) is 6.92 Å². The molecule has 16 heavy (non-hydrogen) atoms. The zero-order valence-corrected chi connectivity index (χ0v) is 10.3. The van der Waals surface area contributed by atoms with E-state index in [1.54, 1.807) is 13.0 Å². The van der Waals surface area contributed by atoms with Crippen molar-refractivity contribution in [3.8, 4) is 0 Å². The topological polar surface area (TPSA) is 92.4 Å². The summed E-state index contributed by atoms with van der Waals surface area (Å²) in [4.78, 5) is -0.0639. The quantitative estimate of drug-likeness (QED) is 0.691. The number of aryl methyl sites for hydroxylation is 1. The molecule has 1 aromatic rings. The Morgan fingerprint density at radius 1 is 1.50 bits per heavy atom. The van der Waals surface area contributed by atoms with Crippen LogP contribution in [0.1, 0.15) is 5.56 Å². The van der Waals surface area contributed by atoms with Crippen molar-refractivity contribution in [3.05, 3.63) is 22.7 Å². The molecule has 0 aliphatic heterocycles. The minimum atomic E-state index is -3.72. The van der Waals surface area contributed by atoms with Gasteiger partial charge in [-0.3, -0.25) is 0 Å². The van der Waals surface area contributed by atoms with Crippen molar-refractivity contribution in [1.82, 2.24) is 4.72 Å². The van der Waals surface area contributed by atoms with Gasteiger partial charge in [-0.2, -0.15) is 0 Å². The third-order valence-corrected chi connectivity index (χ3v) is 3.73. The first kappa shape index (κ1) is 13.2. The number of anilines is 1. The average molecular weight is 265 g/mol. The second kappa shape index (κ2) is 5.01. The molecule has 0 saturated carbocycles. The summed E-state index contributed by atoms with van der Waals surface area (Å²) in [6.45, 7) is 1.33. The Labute approximate surface area is 99.3 Å². The Balaban J connectivity index is 3.22. The van der Waals surface area contributed by atoms with E-state index in [1.807, 2.05) is 0 Å². The number of rotatable bonds is 4. The number of nitrogens with one attached hydrogen (secondary N) is 1. The van der Waals surface area contributed by atoms with Crippen molar-refractivity contribution in [1.29, 1.82) is 0 Å². The number of aliphatic hydroxyl groups excluding tert-OH is 1. The number of halogens is 1. The molecule has 4 N–H and O–H groups in total. The maximum absolute atomic E-state index is 11.8. The molecule has 0 bridgehead atoms. The first-order valence-electron chi connectivity index (χ1n) is 4.54. The van der Waals surface area contributed by atoms with Crippen LogP contribution >= 0.6 is 11.6 Å². The molecule has 90 valence electrons. The molecule has 0 saturated heterocycles. The summed E-state index contributed by atoms with van der Waals surface area (Å²) in [5.41, 5.74) is 6.43. The standard InChI is InChI=1S/C9H13ClN2O3S/c1-6-4-7(10)5-8(9(6)11)16(14,15)12-2-3-13/h4-5,12-13H,2-3,11H2,1H3. The third kappa shape index (κ3) is 2.85. The summed E-state index contributed by atoms with van der Waals surface area (Å²) in [6, 6.07) is 2.87. The Morgan fingerprint density at radius 2 is 2.12 bits per heavy atom. The molecule has 0 amide bonds. The largest absolute Gasteiger partial charge is 0.397 e. The van der Waals surface area contributed by atoms with Crippen molar-refractivity contribution in [2.24, 2.45) is 0 Å². The van der Waals surface area contributed by atoms with Crippen molar-refractivity contribution in [2.75, 3.05) is 18.9 Å². The Hall–Kier alpha value is -0.820. The fourth-order valence-electron chi connectivity index (χ4n) is 1.20. The van der Waals surface area contributed by atoms with Gasteiger partial charge in [-0.1, -0.05) is 11.6 Å². The number of sulfonamides is 1. The Kier molecular flexibility index (Phi) is 4.15. The Morgan fingerprint density at radius 3 is 2.69 bits per heavy atom. The van der Waals surface area contributed by atoms with E-state index in [2.05, 4.69) is 4.72 Å². The van der Waals surface area contributed by atoms with Crippen LogP contribution in [0.4, 0.5) is 5.69 Å². The van der Waals surface area contributed by atoms with E-state index in [1.165, 1.54) is 6.07 Å². The molecule has 0 aromatic heterocycles. The highest BCUT2D eigenvalue weighted by molar-refractivity contribution is 7.89. The van der Waals surface area contributed by atoms with Gasteiger partial charge in [0.2, 0.25) is 10.0 Å².